The predicted octanol–water partition coefficient (Wildman–Crippen LogP) is 2.65. The molecular weight excluding hydrogens is 267 g/mol. The van der Waals surface area contributed by atoms with Crippen molar-refractivity contribution in [3.63, 3.8) is 0 Å². The molecule has 1 rings (SSSR count). The van der Waals surface area contributed by atoms with E-state index < -0.39 is 12.6 Å². The summed E-state index contributed by atoms with van der Waals surface area (Å²) in [6.07, 6.45) is -4.22. The van der Waals surface area contributed by atoms with E-state index in [9.17, 15) is 13.2 Å². The van der Waals surface area contributed by atoms with Crippen molar-refractivity contribution in [1.29, 1.82) is 0 Å². The number of halogens is 3. The summed E-state index contributed by atoms with van der Waals surface area (Å²) in [5.74, 6) is 0.391. The van der Waals surface area contributed by atoms with Gasteiger partial charge in [-0.1, -0.05) is 29.8 Å². The molecule has 0 heterocycles. The molecule has 0 fully saturated rings. The predicted molar refractivity (Wildman–Crippen MR) is 74.9 cm³/mol. The Morgan fingerprint density at radius 3 is 2.50 bits per heavy atom. The minimum absolute atomic E-state index is 0.173. The number of guanidine groups is 1. The maximum absolute atomic E-state index is 12.0. The van der Waals surface area contributed by atoms with Gasteiger partial charge in [0.15, 0.2) is 5.96 Å². The molecule has 0 saturated heterocycles. The van der Waals surface area contributed by atoms with Crippen LogP contribution in [0.1, 0.15) is 17.5 Å². The molecule has 0 radical (unpaired) electrons. The summed E-state index contributed by atoms with van der Waals surface area (Å²) < 4.78 is 36.1. The van der Waals surface area contributed by atoms with Crippen molar-refractivity contribution in [1.82, 2.24) is 10.6 Å². The van der Waals surface area contributed by atoms with E-state index in [4.69, 9.17) is 0 Å². The second-order valence-corrected chi connectivity index (χ2v) is 4.53. The lowest BCUT2D eigenvalue weighted by Gasteiger charge is -2.13. The van der Waals surface area contributed by atoms with Gasteiger partial charge >= 0.3 is 6.18 Å². The molecule has 3 nitrogen and oxygen atoms in total. The van der Waals surface area contributed by atoms with Crippen LogP contribution in [0, 0.1) is 6.92 Å². The SMILES string of the molecule is CN=C(NCCc1cccc(C)c1)NCCC(F)(F)F. The Kier molecular flexibility index (Phi) is 6.35. The summed E-state index contributed by atoms with van der Waals surface area (Å²) in [6.45, 7) is 2.47. The molecule has 20 heavy (non-hydrogen) atoms. The maximum Gasteiger partial charge on any atom is 0.390 e. The highest BCUT2D eigenvalue weighted by Gasteiger charge is 2.26. The summed E-state index contributed by atoms with van der Waals surface area (Å²) >= 11 is 0. The van der Waals surface area contributed by atoms with Crippen LogP contribution in [0.3, 0.4) is 0 Å². The van der Waals surface area contributed by atoms with Gasteiger partial charge in [0.05, 0.1) is 6.42 Å². The van der Waals surface area contributed by atoms with Crippen molar-refractivity contribution < 1.29 is 13.2 Å². The van der Waals surface area contributed by atoms with Crippen LogP contribution in [0.15, 0.2) is 29.3 Å². The zero-order chi connectivity index (χ0) is 15.0. The number of hydrogen-bond acceptors (Lipinski definition) is 1. The molecule has 0 unspecified atom stereocenters. The van der Waals surface area contributed by atoms with Crippen LogP contribution in [0.2, 0.25) is 0 Å². The number of nitrogens with zero attached hydrogens (tertiary/aromatic N) is 1. The lowest BCUT2D eigenvalue weighted by Crippen LogP contribution is -2.39. The third kappa shape index (κ3) is 7.01. The van der Waals surface area contributed by atoms with Gasteiger partial charge in [-0.2, -0.15) is 13.2 Å². The second-order valence-electron chi connectivity index (χ2n) is 4.53. The average molecular weight is 287 g/mol. The molecule has 0 bridgehead atoms. The van der Waals surface area contributed by atoms with Crippen LogP contribution >= 0.6 is 0 Å². The number of alkyl halides is 3. The molecule has 0 saturated carbocycles. The lowest BCUT2D eigenvalue weighted by molar-refractivity contribution is -0.132. The van der Waals surface area contributed by atoms with Crippen molar-refractivity contribution in [2.75, 3.05) is 20.1 Å². The van der Waals surface area contributed by atoms with E-state index in [0.717, 1.165) is 6.42 Å². The molecule has 0 spiro atoms. The maximum atomic E-state index is 12.0. The van der Waals surface area contributed by atoms with E-state index >= 15 is 0 Å². The van der Waals surface area contributed by atoms with E-state index in [1.807, 2.05) is 25.1 Å². The number of benzene rings is 1. The third-order valence-electron chi connectivity index (χ3n) is 2.71. The zero-order valence-corrected chi connectivity index (χ0v) is 11.7. The van der Waals surface area contributed by atoms with Crippen molar-refractivity contribution in [2.24, 2.45) is 4.99 Å². The van der Waals surface area contributed by atoms with Crippen LogP contribution in [-0.4, -0.2) is 32.3 Å². The largest absolute Gasteiger partial charge is 0.390 e. The molecule has 1 aromatic carbocycles. The topological polar surface area (TPSA) is 36.4 Å². The van der Waals surface area contributed by atoms with Gasteiger partial charge in [-0.3, -0.25) is 4.99 Å². The summed E-state index contributed by atoms with van der Waals surface area (Å²) in [5, 5.41) is 5.64. The minimum Gasteiger partial charge on any atom is -0.356 e. The Balaban J connectivity index is 2.28. The number of nitrogens with one attached hydrogen (secondary N) is 2. The van der Waals surface area contributed by atoms with Crippen molar-refractivity contribution in [3.8, 4) is 0 Å². The summed E-state index contributed by atoms with van der Waals surface area (Å²) in [5.41, 5.74) is 2.37. The summed E-state index contributed by atoms with van der Waals surface area (Å²) in [7, 11) is 1.54. The Labute approximate surface area is 117 Å². The van der Waals surface area contributed by atoms with Gasteiger partial charge in [-0.05, 0) is 18.9 Å². The fourth-order valence-corrected chi connectivity index (χ4v) is 1.74. The molecule has 0 aliphatic heterocycles. The first-order chi connectivity index (χ1) is 9.40. The summed E-state index contributed by atoms with van der Waals surface area (Å²) in [6, 6.07) is 8.12. The number of aryl methyl sites for hydroxylation is 1. The van der Waals surface area contributed by atoms with Crippen molar-refractivity contribution in [3.05, 3.63) is 35.4 Å². The molecule has 112 valence electrons. The van der Waals surface area contributed by atoms with Gasteiger partial charge in [0.1, 0.15) is 0 Å². The molecule has 0 aliphatic rings. The fourth-order valence-electron chi connectivity index (χ4n) is 1.74. The first kappa shape index (κ1) is 16.3. The van der Waals surface area contributed by atoms with Gasteiger partial charge in [0.25, 0.3) is 0 Å². The van der Waals surface area contributed by atoms with Gasteiger partial charge in [-0.25, -0.2) is 0 Å². The molecule has 6 heteroatoms. The van der Waals surface area contributed by atoms with E-state index in [0.29, 0.717) is 12.5 Å². The molecule has 0 amide bonds. The molecule has 0 aliphatic carbocycles. The molecule has 0 atom stereocenters. The smallest absolute Gasteiger partial charge is 0.356 e. The van der Waals surface area contributed by atoms with Crippen LogP contribution < -0.4 is 10.6 Å². The highest BCUT2D eigenvalue weighted by molar-refractivity contribution is 5.79. The third-order valence-corrected chi connectivity index (χ3v) is 2.71. The molecule has 0 aromatic heterocycles. The van der Waals surface area contributed by atoms with E-state index in [1.165, 1.54) is 18.2 Å². The highest BCUT2D eigenvalue weighted by Crippen LogP contribution is 2.17. The van der Waals surface area contributed by atoms with Crippen molar-refractivity contribution >= 4 is 5.96 Å². The number of aliphatic imine (C=N–C) groups is 1. The lowest BCUT2D eigenvalue weighted by atomic mass is 10.1. The highest BCUT2D eigenvalue weighted by atomic mass is 19.4. The second kappa shape index (κ2) is 7.77. The Hall–Kier alpha value is -1.72. The van der Waals surface area contributed by atoms with Crippen LogP contribution in [0.25, 0.3) is 0 Å². The van der Waals surface area contributed by atoms with Crippen LogP contribution in [0.5, 0.6) is 0 Å². The monoisotopic (exact) mass is 287 g/mol. The zero-order valence-electron chi connectivity index (χ0n) is 11.7. The Bertz CT molecular complexity index is 442. The van der Waals surface area contributed by atoms with Gasteiger partial charge in [0.2, 0.25) is 0 Å². The van der Waals surface area contributed by atoms with Crippen molar-refractivity contribution in [2.45, 2.75) is 25.9 Å². The molecular formula is C14H20F3N3. The van der Waals surface area contributed by atoms with Crippen LogP contribution in [0.4, 0.5) is 13.2 Å². The average Bonchev–Trinajstić information content (AvgIpc) is 2.35. The summed E-state index contributed by atoms with van der Waals surface area (Å²) in [4.78, 5) is 3.88. The van der Waals surface area contributed by atoms with E-state index in [-0.39, 0.29) is 6.54 Å². The van der Waals surface area contributed by atoms with E-state index in [1.54, 1.807) is 0 Å². The number of rotatable bonds is 5. The number of hydrogen-bond donors (Lipinski definition) is 2. The van der Waals surface area contributed by atoms with E-state index in [2.05, 4.69) is 21.7 Å². The molecule has 1 aromatic rings. The first-order valence-electron chi connectivity index (χ1n) is 6.47. The van der Waals surface area contributed by atoms with Gasteiger partial charge in [-0.15, -0.1) is 0 Å². The Morgan fingerprint density at radius 1 is 1.20 bits per heavy atom. The minimum atomic E-state index is -4.15. The Morgan fingerprint density at radius 2 is 1.90 bits per heavy atom. The quantitative estimate of drug-likeness (QED) is 0.645. The normalized spacial score (nSPS) is 12.3. The molecule has 2 N–H and O–H groups in total. The fraction of sp³-hybridized carbons (Fsp3) is 0.500. The first-order valence-corrected chi connectivity index (χ1v) is 6.47. The standard InChI is InChI=1S/C14H20F3N3/c1-11-4-3-5-12(10-11)6-8-19-13(18-2)20-9-7-14(15,16)17/h3-5,10H,6-9H2,1-2H3,(H2,18,19,20). The van der Waals surface area contributed by atoms with Crippen LogP contribution in [-0.2, 0) is 6.42 Å². The van der Waals surface area contributed by atoms with Gasteiger partial charge < -0.3 is 10.6 Å². The van der Waals surface area contributed by atoms with Gasteiger partial charge in [0, 0.05) is 20.1 Å².